The molecule has 4 nitrogen and oxygen atoms in total. The van der Waals surface area contributed by atoms with Crippen molar-refractivity contribution in [3.63, 3.8) is 0 Å². The number of carbonyl (C=O) groups is 1. The van der Waals surface area contributed by atoms with Gasteiger partial charge in [-0.05, 0) is 26.8 Å². The Labute approximate surface area is 117 Å². The van der Waals surface area contributed by atoms with Crippen LogP contribution in [0.3, 0.4) is 0 Å². The van der Waals surface area contributed by atoms with Gasteiger partial charge in [0, 0.05) is 11.1 Å². The maximum Gasteiger partial charge on any atom is 0.225 e. The second-order valence-electron chi connectivity index (χ2n) is 4.79. The van der Waals surface area contributed by atoms with Crippen LogP contribution < -0.4 is 5.32 Å². The minimum atomic E-state index is -0.385. The molecule has 0 bridgehead atoms. The number of hydrogen-bond donors (Lipinski definition) is 1. The maximum atomic E-state index is 13.6. The summed E-state index contributed by atoms with van der Waals surface area (Å²) < 4.78 is 18.6. The van der Waals surface area contributed by atoms with E-state index in [9.17, 15) is 9.18 Å². The van der Waals surface area contributed by atoms with E-state index in [1.54, 1.807) is 39.0 Å². The lowest BCUT2D eigenvalue weighted by Crippen LogP contribution is -2.28. The molecule has 0 spiro atoms. The third-order valence-electron chi connectivity index (χ3n) is 3.27. The lowest BCUT2D eigenvalue weighted by Gasteiger charge is -2.15. The van der Waals surface area contributed by atoms with Gasteiger partial charge in [0.05, 0.1) is 18.2 Å². The fourth-order valence-corrected chi connectivity index (χ4v) is 2.11. The molecule has 106 valence electrons. The summed E-state index contributed by atoms with van der Waals surface area (Å²) in [6.45, 7) is 5.31. The van der Waals surface area contributed by atoms with Crippen LogP contribution >= 0.6 is 0 Å². The van der Waals surface area contributed by atoms with Crippen LogP contribution in [-0.4, -0.2) is 11.1 Å². The van der Waals surface area contributed by atoms with Crippen molar-refractivity contribution in [3.8, 4) is 0 Å². The van der Waals surface area contributed by atoms with Crippen molar-refractivity contribution >= 4 is 5.91 Å². The average Bonchev–Trinajstić information content (AvgIpc) is 2.71. The number of aryl methyl sites for hydroxylation is 2. The molecule has 1 amide bonds. The van der Waals surface area contributed by atoms with Crippen LogP contribution in [-0.2, 0) is 11.2 Å². The molecule has 1 N–H and O–H groups in total. The molecule has 1 heterocycles. The van der Waals surface area contributed by atoms with Crippen LogP contribution in [0, 0.1) is 19.7 Å². The minimum Gasteiger partial charge on any atom is -0.361 e. The Morgan fingerprint density at radius 2 is 2.10 bits per heavy atom. The first-order valence-electron chi connectivity index (χ1n) is 6.44. The van der Waals surface area contributed by atoms with Gasteiger partial charge in [-0.3, -0.25) is 4.79 Å². The molecule has 1 aromatic heterocycles. The minimum absolute atomic E-state index is 0.181. The molecular weight excluding hydrogens is 259 g/mol. The van der Waals surface area contributed by atoms with Gasteiger partial charge in [0.1, 0.15) is 11.6 Å². The predicted octanol–water partition coefficient (Wildman–Crippen LogP) is 2.85. The zero-order valence-electron chi connectivity index (χ0n) is 11.7. The normalized spacial score (nSPS) is 12.2. The Morgan fingerprint density at radius 1 is 1.40 bits per heavy atom. The number of aromatic nitrogens is 1. The van der Waals surface area contributed by atoms with Gasteiger partial charge < -0.3 is 9.84 Å². The standard InChI is InChI=1S/C15H17FN2O2/c1-9(12-6-4-5-7-14(12)16)17-15(19)8-13-10(2)18-20-11(13)3/h4-7,9H,8H2,1-3H3,(H,17,19). The monoisotopic (exact) mass is 276 g/mol. The molecule has 0 saturated carbocycles. The summed E-state index contributed by atoms with van der Waals surface area (Å²) in [6.07, 6.45) is 0.181. The third-order valence-corrected chi connectivity index (χ3v) is 3.27. The number of amides is 1. The van der Waals surface area contributed by atoms with E-state index in [1.807, 2.05) is 0 Å². The van der Waals surface area contributed by atoms with Crippen LogP contribution in [0.5, 0.6) is 0 Å². The average molecular weight is 276 g/mol. The zero-order chi connectivity index (χ0) is 14.7. The van der Waals surface area contributed by atoms with E-state index in [2.05, 4.69) is 10.5 Å². The first kappa shape index (κ1) is 14.2. The number of nitrogens with zero attached hydrogens (tertiary/aromatic N) is 1. The van der Waals surface area contributed by atoms with Gasteiger partial charge in [0.15, 0.2) is 0 Å². The Hall–Kier alpha value is -2.17. The summed E-state index contributed by atoms with van der Waals surface area (Å²) in [7, 11) is 0. The van der Waals surface area contributed by atoms with Gasteiger partial charge in [-0.25, -0.2) is 4.39 Å². The highest BCUT2D eigenvalue weighted by Gasteiger charge is 2.17. The Kier molecular flexibility index (Phi) is 4.17. The van der Waals surface area contributed by atoms with Crippen molar-refractivity contribution in [2.75, 3.05) is 0 Å². The van der Waals surface area contributed by atoms with Gasteiger partial charge in [-0.2, -0.15) is 0 Å². The van der Waals surface area contributed by atoms with Crippen LogP contribution in [0.4, 0.5) is 4.39 Å². The van der Waals surface area contributed by atoms with E-state index in [0.29, 0.717) is 17.0 Å². The van der Waals surface area contributed by atoms with E-state index in [1.165, 1.54) is 6.07 Å². The van der Waals surface area contributed by atoms with E-state index in [0.717, 1.165) is 5.56 Å². The summed E-state index contributed by atoms with van der Waals surface area (Å²) in [6, 6.07) is 6.03. The SMILES string of the molecule is Cc1noc(C)c1CC(=O)NC(C)c1ccccc1F. The van der Waals surface area contributed by atoms with Gasteiger partial charge in [-0.15, -0.1) is 0 Å². The fraction of sp³-hybridized carbons (Fsp3) is 0.333. The highest BCUT2D eigenvalue weighted by molar-refractivity contribution is 5.79. The van der Waals surface area contributed by atoms with Gasteiger partial charge in [0.25, 0.3) is 0 Å². The van der Waals surface area contributed by atoms with Crippen LogP contribution in [0.15, 0.2) is 28.8 Å². The molecule has 1 atom stereocenters. The van der Waals surface area contributed by atoms with E-state index in [-0.39, 0.29) is 24.2 Å². The van der Waals surface area contributed by atoms with Gasteiger partial charge in [0.2, 0.25) is 5.91 Å². The fourth-order valence-electron chi connectivity index (χ4n) is 2.11. The van der Waals surface area contributed by atoms with Crippen LogP contribution in [0.1, 0.15) is 35.5 Å². The number of hydrogen-bond acceptors (Lipinski definition) is 3. The van der Waals surface area contributed by atoms with E-state index >= 15 is 0 Å². The molecule has 0 saturated heterocycles. The number of nitrogens with one attached hydrogen (secondary N) is 1. The Morgan fingerprint density at radius 3 is 2.70 bits per heavy atom. The Bertz CT molecular complexity index is 603. The van der Waals surface area contributed by atoms with E-state index in [4.69, 9.17) is 4.52 Å². The van der Waals surface area contributed by atoms with Crippen LogP contribution in [0.2, 0.25) is 0 Å². The van der Waals surface area contributed by atoms with Crippen molar-refractivity contribution < 1.29 is 13.7 Å². The molecule has 0 aliphatic heterocycles. The molecule has 2 aromatic rings. The first-order chi connectivity index (χ1) is 9.49. The van der Waals surface area contributed by atoms with E-state index < -0.39 is 0 Å². The lowest BCUT2D eigenvalue weighted by atomic mass is 10.1. The molecular formula is C15H17FN2O2. The third kappa shape index (κ3) is 3.04. The highest BCUT2D eigenvalue weighted by atomic mass is 19.1. The molecule has 0 radical (unpaired) electrons. The molecule has 1 unspecified atom stereocenters. The molecule has 20 heavy (non-hydrogen) atoms. The molecule has 0 aliphatic carbocycles. The van der Waals surface area contributed by atoms with Crippen LogP contribution in [0.25, 0.3) is 0 Å². The molecule has 1 aromatic carbocycles. The number of benzene rings is 1. The highest BCUT2D eigenvalue weighted by Crippen LogP contribution is 2.17. The first-order valence-corrected chi connectivity index (χ1v) is 6.44. The number of halogens is 1. The second-order valence-corrected chi connectivity index (χ2v) is 4.79. The Balaban J connectivity index is 2.04. The number of rotatable bonds is 4. The maximum absolute atomic E-state index is 13.6. The van der Waals surface area contributed by atoms with Crippen molar-refractivity contribution in [2.45, 2.75) is 33.2 Å². The largest absolute Gasteiger partial charge is 0.361 e. The zero-order valence-corrected chi connectivity index (χ0v) is 11.7. The molecule has 5 heteroatoms. The summed E-state index contributed by atoms with van der Waals surface area (Å²) in [4.78, 5) is 12.0. The lowest BCUT2D eigenvalue weighted by molar-refractivity contribution is -0.121. The quantitative estimate of drug-likeness (QED) is 0.934. The van der Waals surface area contributed by atoms with Gasteiger partial charge >= 0.3 is 0 Å². The summed E-state index contributed by atoms with van der Waals surface area (Å²) >= 11 is 0. The van der Waals surface area contributed by atoms with Crippen molar-refractivity contribution in [1.29, 1.82) is 0 Å². The smallest absolute Gasteiger partial charge is 0.225 e. The predicted molar refractivity (Wildman–Crippen MR) is 72.6 cm³/mol. The van der Waals surface area contributed by atoms with Gasteiger partial charge in [-0.1, -0.05) is 23.4 Å². The summed E-state index contributed by atoms with van der Waals surface area (Å²) in [5.41, 5.74) is 1.96. The summed E-state index contributed by atoms with van der Waals surface area (Å²) in [5, 5.41) is 6.59. The molecule has 0 aliphatic rings. The van der Waals surface area contributed by atoms with Crippen molar-refractivity contribution in [2.24, 2.45) is 0 Å². The van der Waals surface area contributed by atoms with Crippen molar-refractivity contribution in [3.05, 3.63) is 52.7 Å². The molecule has 0 fully saturated rings. The summed E-state index contributed by atoms with van der Waals surface area (Å²) in [5.74, 6) is 0.129. The second kappa shape index (κ2) is 5.86. The number of carbonyl (C=O) groups excluding carboxylic acids is 1. The van der Waals surface area contributed by atoms with Crippen molar-refractivity contribution in [1.82, 2.24) is 10.5 Å². The topological polar surface area (TPSA) is 55.1 Å². The molecule has 2 rings (SSSR count).